The SMILES string of the molecule is Cc1nc(CNCc2ccc(C#N)cc2C)cs1. The minimum absolute atomic E-state index is 0.714. The van der Waals surface area contributed by atoms with Gasteiger partial charge in [0.1, 0.15) is 0 Å². The Bertz CT molecular complexity index is 581. The van der Waals surface area contributed by atoms with Gasteiger partial charge in [-0.25, -0.2) is 4.98 Å². The van der Waals surface area contributed by atoms with Gasteiger partial charge in [-0.3, -0.25) is 0 Å². The lowest BCUT2D eigenvalue weighted by Gasteiger charge is -2.07. The highest BCUT2D eigenvalue weighted by molar-refractivity contribution is 7.09. The lowest BCUT2D eigenvalue weighted by molar-refractivity contribution is 0.679. The average molecular weight is 257 g/mol. The Balaban J connectivity index is 1.92. The zero-order valence-corrected chi connectivity index (χ0v) is 11.3. The third kappa shape index (κ3) is 3.16. The van der Waals surface area contributed by atoms with Crippen LogP contribution in [0, 0.1) is 25.2 Å². The second-order valence-corrected chi connectivity index (χ2v) is 5.28. The zero-order chi connectivity index (χ0) is 13.0. The molecule has 0 bridgehead atoms. The van der Waals surface area contributed by atoms with Crippen molar-refractivity contribution in [1.82, 2.24) is 10.3 Å². The highest BCUT2D eigenvalue weighted by Gasteiger charge is 2.01. The Morgan fingerprint density at radius 3 is 2.78 bits per heavy atom. The molecule has 0 aliphatic heterocycles. The van der Waals surface area contributed by atoms with Crippen LogP contribution in [0.4, 0.5) is 0 Å². The predicted molar refractivity (Wildman–Crippen MR) is 73.3 cm³/mol. The Morgan fingerprint density at radius 2 is 2.17 bits per heavy atom. The van der Waals surface area contributed by atoms with E-state index >= 15 is 0 Å². The maximum Gasteiger partial charge on any atom is 0.0991 e. The van der Waals surface area contributed by atoms with Crippen molar-refractivity contribution in [3.05, 3.63) is 51.0 Å². The molecule has 0 aliphatic carbocycles. The largest absolute Gasteiger partial charge is 0.307 e. The van der Waals surface area contributed by atoms with E-state index in [4.69, 9.17) is 5.26 Å². The summed E-state index contributed by atoms with van der Waals surface area (Å²) in [6.07, 6.45) is 0. The summed E-state index contributed by atoms with van der Waals surface area (Å²) in [5.74, 6) is 0. The zero-order valence-electron chi connectivity index (χ0n) is 10.5. The molecule has 0 saturated carbocycles. The lowest BCUT2D eigenvalue weighted by atomic mass is 10.1. The van der Waals surface area contributed by atoms with Gasteiger partial charge < -0.3 is 5.32 Å². The summed E-state index contributed by atoms with van der Waals surface area (Å²) in [7, 11) is 0. The molecule has 4 heteroatoms. The summed E-state index contributed by atoms with van der Waals surface area (Å²) >= 11 is 1.67. The van der Waals surface area contributed by atoms with Crippen molar-refractivity contribution >= 4 is 11.3 Å². The van der Waals surface area contributed by atoms with Crippen LogP contribution >= 0.6 is 11.3 Å². The Labute approximate surface area is 111 Å². The van der Waals surface area contributed by atoms with Crippen LogP contribution in [-0.4, -0.2) is 4.98 Å². The van der Waals surface area contributed by atoms with Crippen LogP contribution < -0.4 is 5.32 Å². The molecule has 1 N–H and O–H groups in total. The summed E-state index contributed by atoms with van der Waals surface area (Å²) < 4.78 is 0. The fourth-order valence-corrected chi connectivity index (χ4v) is 2.39. The minimum Gasteiger partial charge on any atom is -0.307 e. The molecule has 1 aromatic carbocycles. The van der Waals surface area contributed by atoms with Crippen molar-refractivity contribution in [3.63, 3.8) is 0 Å². The summed E-state index contributed by atoms with van der Waals surface area (Å²) in [5, 5.41) is 15.4. The number of nitrogens with one attached hydrogen (secondary N) is 1. The molecule has 2 aromatic rings. The quantitative estimate of drug-likeness (QED) is 0.916. The summed E-state index contributed by atoms with van der Waals surface area (Å²) in [6, 6.07) is 7.94. The van der Waals surface area contributed by atoms with Gasteiger partial charge in [0.05, 0.1) is 22.3 Å². The van der Waals surface area contributed by atoms with E-state index in [-0.39, 0.29) is 0 Å². The molecular weight excluding hydrogens is 242 g/mol. The summed E-state index contributed by atoms with van der Waals surface area (Å²) in [6.45, 7) is 5.63. The molecule has 1 heterocycles. The van der Waals surface area contributed by atoms with Gasteiger partial charge in [0.25, 0.3) is 0 Å². The molecule has 1 aromatic heterocycles. The molecule has 0 aliphatic rings. The first-order valence-electron chi connectivity index (χ1n) is 5.80. The number of thiazole rings is 1. The van der Waals surface area contributed by atoms with Crippen LogP contribution in [-0.2, 0) is 13.1 Å². The number of hydrogen-bond donors (Lipinski definition) is 1. The first-order valence-corrected chi connectivity index (χ1v) is 6.68. The lowest BCUT2D eigenvalue weighted by Crippen LogP contribution is -2.13. The molecule has 0 amide bonds. The van der Waals surface area contributed by atoms with Gasteiger partial charge in [0.15, 0.2) is 0 Å². The van der Waals surface area contributed by atoms with E-state index in [9.17, 15) is 0 Å². The number of nitrogens with zero attached hydrogens (tertiary/aromatic N) is 2. The fraction of sp³-hybridized carbons (Fsp3) is 0.286. The van der Waals surface area contributed by atoms with Gasteiger partial charge in [-0.05, 0) is 37.1 Å². The molecule has 0 radical (unpaired) electrons. The van der Waals surface area contributed by atoms with Crippen molar-refractivity contribution in [2.75, 3.05) is 0 Å². The van der Waals surface area contributed by atoms with Crippen molar-refractivity contribution in [2.24, 2.45) is 0 Å². The smallest absolute Gasteiger partial charge is 0.0991 e. The molecule has 2 rings (SSSR count). The van der Waals surface area contributed by atoms with Gasteiger partial charge in [0, 0.05) is 18.5 Å². The van der Waals surface area contributed by atoms with Crippen molar-refractivity contribution in [2.45, 2.75) is 26.9 Å². The van der Waals surface area contributed by atoms with E-state index in [1.807, 2.05) is 32.0 Å². The van der Waals surface area contributed by atoms with Crippen LogP contribution in [0.25, 0.3) is 0 Å². The van der Waals surface area contributed by atoms with Crippen LogP contribution in [0.5, 0.6) is 0 Å². The van der Waals surface area contributed by atoms with Gasteiger partial charge in [-0.15, -0.1) is 11.3 Å². The van der Waals surface area contributed by atoms with E-state index in [0.717, 1.165) is 29.4 Å². The first kappa shape index (κ1) is 12.7. The topological polar surface area (TPSA) is 48.7 Å². The molecule has 92 valence electrons. The maximum absolute atomic E-state index is 8.81. The third-order valence-corrected chi connectivity index (χ3v) is 3.58. The first-order chi connectivity index (χ1) is 8.69. The monoisotopic (exact) mass is 257 g/mol. The predicted octanol–water partition coefficient (Wildman–Crippen LogP) is 2.92. The minimum atomic E-state index is 0.714. The highest BCUT2D eigenvalue weighted by atomic mass is 32.1. The molecular formula is C14H15N3S. The van der Waals surface area contributed by atoms with E-state index in [0.29, 0.717) is 5.56 Å². The van der Waals surface area contributed by atoms with Crippen molar-refractivity contribution < 1.29 is 0 Å². The fourth-order valence-electron chi connectivity index (χ4n) is 1.78. The average Bonchev–Trinajstić information content (AvgIpc) is 2.77. The highest BCUT2D eigenvalue weighted by Crippen LogP contribution is 2.11. The Hall–Kier alpha value is -1.70. The number of aryl methyl sites for hydroxylation is 2. The second kappa shape index (κ2) is 5.76. The van der Waals surface area contributed by atoms with Crippen LogP contribution in [0.1, 0.15) is 27.4 Å². The summed E-state index contributed by atoms with van der Waals surface area (Å²) in [4.78, 5) is 4.40. The molecule has 0 atom stereocenters. The Kier molecular flexibility index (Phi) is 4.08. The second-order valence-electron chi connectivity index (χ2n) is 4.21. The van der Waals surface area contributed by atoms with Crippen LogP contribution in [0.2, 0.25) is 0 Å². The molecule has 0 fully saturated rings. The summed E-state index contributed by atoms with van der Waals surface area (Å²) in [5.41, 5.74) is 4.17. The number of aromatic nitrogens is 1. The van der Waals surface area contributed by atoms with Crippen molar-refractivity contribution in [3.8, 4) is 6.07 Å². The van der Waals surface area contributed by atoms with Gasteiger partial charge in [0.2, 0.25) is 0 Å². The van der Waals surface area contributed by atoms with Crippen LogP contribution in [0.15, 0.2) is 23.6 Å². The molecule has 18 heavy (non-hydrogen) atoms. The molecule has 3 nitrogen and oxygen atoms in total. The maximum atomic E-state index is 8.81. The van der Waals surface area contributed by atoms with E-state index < -0.39 is 0 Å². The molecule has 0 spiro atoms. The standard InChI is InChI=1S/C14H15N3S/c1-10-5-12(6-15)3-4-13(10)7-16-8-14-9-18-11(2)17-14/h3-5,9,16H,7-8H2,1-2H3. The number of hydrogen-bond acceptors (Lipinski definition) is 4. The van der Waals surface area contributed by atoms with E-state index in [1.165, 1.54) is 5.56 Å². The van der Waals surface area contributed by atoms with E-state index in [2.05, 4.69) is 21.8 Å². The Morgan fingerprint density at radius 1 is 1.33 bits per heavy atom. The van der Waals surface area contributed by atoms with Gasteiger partial charge in [-0.1, -0.05) is 6.07 Å². The normalized spacial score (nSPS) is 10.3. The van der Waals surface area contributed by atoms with Crippen molar-refractivity contribution in [1.29, 1.82) is 5.26 Å². The third-order valence-electron chi connectivity index (χ3n) is 2.76. The number of benzene rings is 1. The number of nitriles is 1. The van der Waals surface area contributed by atoms with E-state index in [1.54, 1.807) is 11.3 Å². The van der Waals surface area contributed by atoms with Gasteiger partial charge >= 0.3 is 0 Å². The number of rotatable bonds is 4. The molecule has 0 unspecified atom stereocenters. The van der Waals surface area contributed by atoms with Gasteiger partial charge in [-0.2, -0.15) is 5.26 Å². The van der Waals surface area contributed by atoms with Crippen LogP contribution in [0.3, 0.4) is 0 Å². The molecule has 0 saturated heterocycles.